The van der Waals surface area contributed by atoms with Gasteiger partial charge in [-0.2, -0.15) is 0 Å². The molecule has 0 bridgehead atoms. The second-order valence-electron chi connectivity index (χ2n) is 8.16. The van der Waals surface area contributed by atoms with Gasteiger partial charge in [0.2, 0.25) is 0 Å². The summed E-state index contributed by atoms with van der Waals surface area (Å²) in [5.41, 5.74) is 4.21. The zero-order valence-corrected chi connectivity index (χ0v) is 17.8. The van der Waals surface area contributed by atoms with E-state index in [0.717, 1.165) is 21.9 Å². The predicted molar refractivity (Wildman–Crippen MR) is 137 cm³/mol. The highest BCUT2D eigenvalue weighted by Crippen LogP contribution is 2.39. The smallest absolute Gasteiger partial charge is 0.123 e. The molecule has 0 aromatic heterocycles. The molecule has 0 radical (unpaired) electrons. The lowest BCUT2D eigenvalue weighted by molar-refractivity contribution is 0.627. The number of fused-ring (bicyclic) bond motifs is 3. The monoisotopic (exact) mass is 422 g/mol. The van der Waals surface area contributed by atoms with E-state index >= 15 is 0 Å². The topological polar surface area (TPSA) is 0 Å². The quantitative estimate of drug-likeness (QED) is 0.184. The van der Waals surface area contributed by atoms with Gasteiger partial charge < -0.3 is 0 Å². The average Bonchev–Trinajstić information content (AvgIpc) is 2.87. The van der Waals surface area contributed by atoms with Gasteiger partial charge in [-0.15, -0.1) is 0 Å². The van der Waals surface area contributed by atoms with Crippen molar-refractivity contribution in [2.45, 2.75) is 0 Å². The van der Waals surface area contributed by atoms with Gasteiger partial charge in [-0.25, -0.2) is 4.39 Å². The van der Waals surface area contributed by atoms with Crippen molar-refractivity contribution in [1.82, 2.24) is 0 Å². The molecule has 0 unspecified atom stereocenters. The SMILES string of the molecule is Fc1ccc(C#Cc2c3ccccc3c(-c3ccc4ccccc4c3)c3ccccc23)cc1. The normalized spacial score (nSPS) is 10.9. The van der Waals surface area contributed by atoms with Crippen LogP contribution >= 0.6 is 0 Å². The van der Waals surface area contributed by atoms with E-state index in [1.807, 2.05) is 0 Å². The second kappa shape index (κ2) is 7.93. The van der Waals surface area contributed by atoms with Gasteiger partial charge >= 0.3 is 0 Å². The Morgan fingerprint density at radius 2 is 1.06 bits per heavy atom. The maximum Gasteiger partial charge on any atom is 0.123 e. The van der Waals surface area contributed by atoms with E-state index in [0.29, 0.717) is 0 Å². The summed E-state index contributed by atoms with van der Waals surface area (Å²) >= 11 is 0. The zero-order chi connectivity index (χ0) is 22.2. The minimum atomic E-state index is -0.254. The molecule has 0 saturated heterocycles. The minimum Gasteiger partial charge on any atom is -0.207 e. The summed E-state index contributed by atoms with van der Waals surface area (Å²) in [5.74, 6) is 6.39. The van der Waals surface area contributed by atoms with E-state index in [1.54, 1.807) is 12.1 Å². The van der Waals surface area contributed by atoms with Gasteiger partial charge in [-0.05, 0) is 73.8 Å². The van der Waals surface area contributed by atoms with Crippen LogP contribution in [-0.4, -0.2) is 0 Å². The molecule has 0 saturated carbocycles. The van der Waals surface area contributed by atoms with Gasteiger partial charge in [0.1, 0.15) is 5.82 Å². The third-order valence-electron chi connectivity index (χ3n) is 6.15. The molecule has 0 nitrogen and oxygen atoms in total. The standard InChI is InChI=1S/C32H19F/c33-26-18-13-22(14-19-26)15-20-29-27-9-3-5-11-30(27)32(31-12-6-4-10-28(29)31)25-17-16-23-7-1-2-8-24(23)21-25/h1-14,16-19,21H. The van der Waals surface area contributed by atoms with Crippen LogP contribution in [0, 0.1) is 17.7 Å². The van der Waals surface area contributed by atoms with Crippen molar-refractivity contribution < 1.29 is 4.39 Å². The number of hydrogen-bond donors (Lipinski definition) is 0. The molecule has 6 rings (SSSR count). The Balaban J connectivity index is 1.67. The summed E-state index contributed by atoms with van der Waals surface area (Å²) in [6.07, 6.45) is 0. The molecule has 1 heteroatoms. The Hall–Kier alpha value is -4.41. The molecule has 6 aromatic rings. The van der Waals surface area contributed by atoms with E-state index in [1.165, 1.54) is 44.8 Å². The van der Waals surface area contributed by atoms with E-state index in [9.17, 15) is 4.39 Å². The Kier molecular flexibility index (Phi) is 4.64. The van der Waals surface area contributed by atoms with E-state index in [2.05, 4.69) is 103 Å². The minimum absolute atomic E-state index is 0.254. The Labute approximate surface area is 191 Å². The van der Waals surface area contributed by atoms with Gasteiger partial charge in [0.15, 0.2) is 0 Å². The summed E-state index contributed by atoms with van der Waals surface area (Å²) < 4.78 is 13.3. The molecule has 0 heterocycles. The van der Waals surface area contributed by atoms with Gasteiger partial charge in [-0.3, -0.25) is 0 Å². The molecule has 0 N–H and O–H groups in total. The van der Waals surface area contributed by atoms with Crippen LogP contribution in [0.3, 0.4) is 0 Å². The highest BCUT2D eigenvalue weighted by molar-refractivity contribution is 6.16. The third-order valence-corrected chi connectivity index (χ3v) is 6.15. The number of hydrogen-bond acceptors (Lipinski definition) is 0. The van der Waals surface area contributed by atoms with Gasteiger partial charge in [-0.1, -0.05) is 96.8 Å². The first-order chi connectivity index (χ1) is 16.3. The molecule has 6 aromatic carbocycles. The van der Waals surface area contributed by atoms with Crippen LogP contribution < -0.4 is 0 Å². The van der Waals surface area contributed by atoms with Gasteiger partial charge in [0.25, 0.3) is 0 Å². The first kappa shape index (κ1) is 19.3. The molecule has 33 heavy (non-hydrogen) atoms. The van der Waals surface area contributed by atoms with Crippen molar-refractivity contribution in [3.05, 3.63) is 132 Å². The van der Waals surface area contributed by atoms with Crippen molar-refractivity contribution in [3.63, 3.8) is 0 Å². The fourth-order valence-corrected chi connectivity index (χ4v) is 4.59. The molecule has 0 fully saturated rings. The van der Waals surface area contributed by atoms with Crippen molar-refractivity contribution in [1.29, 1.82) is 0 Å². The highest BCUT2D eigenvalue weighted by Gasteiger charge is 2.14. The van der Waals surface area contributed by atoms with Gasteiger partial charge in [0.05, 0.1) is 0 Å². The molecular formula is C32H19F. The largest absolute Gasteiger partial charge is 0.207 e. The first-order valence-electron chi connectivity index (χ1n) is 11.0. The van der Waals surface area contributed by atoms with Crippen LogP contribution in [0.5, 0.6) is 0 Å². The molecule has 154 valence electrons. The van der Waals surface area contributed by atoms with E-state index < -0.39 is 0 Å². The lowest BCUT2D eigenvalue weighted by Gasteiger charge is -2.15. The molecule has 0 atom stereocenters. The maximum atomic E-state index is 13.3. The van der Waals surface area contributed by atoms with Crippen LogP contribution in [0.4, 0.5) is 4.39 Å². The molecule has 0 aliphatic heterocycles. The lowest BCUT2D eigenvalue weighted by atomic mass is 9.88. The summed E-state index contributed by atoms with van der Waals surface area (Å²) in [4.78, 5) is 0. The Morgan fingerprint density at radius 3 is 1.73 bits per heavy atom. The summed E-state index contributed by atoms with van der Waals surface area (Å²) in [7, 11) is 0. The summed E-state index contributed by atoms with van der Waals surface area (Å²) in [6, 6.07) is 38.4. The first-order valence-corrected chi connectivity index (χ1v) is 11.0. The Bertz CT molecular complexity index is 1660. The average molecular weight is 423 g/mol. The van der Waals surface area contributed by atoms with Crippen LogP contribution in [0.1, 0.15) is 11.1 Å². The van der Waals surface area contributed by atoms with Crippen LogP contribution in [-0.2, 0) is 0 Å². The fraction of sp³-hybridized carbons (Fsp3) is 0. The van der Waals surface area contributed by atoms with Gasteiger partial charge in [0, 0.05) is 11.1 Å². The van der Waals surface area contributed by atoms with Crippen molar-refractivity contribution in [3.8, 4) is 23.0 Å². The molecule has 0 amide bonds. The zero-order valence-electron chi connectivity index (χ0n) is 17.8. The van der Waals surface area contributed by atoms with Crippen LogP contribution in [0.15, 0.2) is 115 Å². The highest BCUT2D eigenvalue weighted by atomic mass is 19.1. The van der Waals surface area contributed by atoms with Crippen LogP contribution in [0.25, 0.3) is 43.4 Å². The molecular weight excluding hydrogens is 403 g/mol. The molecule has 0 aliphatic carbocycles. The molecule has 0 spiro atoms. The van der Waals surface area contributed by atoms with Crippen LogP contribution in [0.2, 0.25) is 0 Å². The predicted octanol–water partition coefficient (Wildman–Crippen LogP) is 8.35. The summed E-state index contributed by atoms with van der Waals surface area (Å²) in [5, 5.41) is 7.05. The van der Waals surface area contributed by atoms with E-state index in [4.69, 9.17) is 0 Å². The summed E-state index contributed by atoms with van der Waals surface area (Å²) in [6.45, 7) is 0. The van der Waals surface area contributed by atoms with E-state index in [-0.39, 0.29) is 5.82 Å². The third kappa shape index (κ3) is 3.43. The fourth-order valence-electron chi connectivity index (χ4n) is 4.59. The number of benzene rings is 6. The Morgan fingerprint density at radius 1 is 0.485 bits per heavy atom. The number of halogens is 1. The maximum absolute atomic E-state index is 13.3. The molecule has 0 aliphatic rings. The number of rotatable bonds is 1. The second-order valence-corrected chi connectivity index (χ2v) is 8.16. The lowest BCUT2D eigenvalue weighted by Crippen LogP contribution is -1.90. The van der Waals surface area contributed by atoms with Crippen molar-refractivity contribution in [2.24, 2.45) is 0 Å². The van der Waals surface area contributed by atoms with Crippen molar-refractivity contribution in [2.75, 3.05) is 0 Å². The van der Waals surface area contributed by atoms with Crippen molar-refractivity contribution >= 4 is 32.3 Å².